The van der Waals surface area contributed by atoms with Crippen LogP contribution in [0.1, 0.15) is 99.9 Å². The molecular formula is C23H35N3OS. The number of rotatable bonds is 14. The van der Waals surface area contributed by atoms with Crippen molar-refractivity contribution in [2.45, 2.75) is 84.0 Å². The first kappa shape index (κ1) is 24.1. The van der Waals surface area contributed by atoms with Crippen LogP contribution in [0.4, 0.5) is 0 Å². The summed E-state index contributed by atoms with van der Waals surface area (Å²) in [5.74, 6) is -0.253. The molecule has 0 aromatic heterocycles. The number of carbonyl (C=O) groups is 1. The highest BCUT2D eigenvalue weighted by Gasteiger charge is 2.07. The molecule has 0 atom stereocenters. The maximum atomic E-state index is 12.1. The topological polar surface area (TPSA) is 64.9 Å². The minimum atomic E-state index is -0.253. The van der Waals surface area contributed by atoms with Gasteiger partial charge in [-0.2, -0.15) is 5.26 Å². The Morgan fingerprint density at radius 1 is 0.893 bits per heavy atom. The first-order valence-corrected chi connectivity index (χ1v) is 11.2. The first-order valence-electron chi connectivity index (χ1n) is 10.8. The molecular weight excluding hydrogens is 366 g/mol. The Morgan fingerprint density at radius 2 is 1.39 bits per heavy atom. The maximum Gasteiger partial charge on any atom is 0.257 e. The molecule has 4 nitrogen and oxygen atoms in total. The highest BCUT2D eigenvalue weighted by molar-refractivity contribution is 7.80. The Labute approximate surface area is 176 Å². The van der Waals surface area contributed by atoms with E-state index in [0.717, 1.165) is 13.0 Å². The number of nitrogens with one attached hydrogen (secondary N) is 2. The van der Waals surface area contributed by atoms with Crippen LogP contribution in [-0.2, 0) is 0 Å². The van der Waals surface area contributed by atoms with E-state index in [2.05, 4.69) is 17.6 Å². The quantitative estimate of drug-likeness (QED) is 0.302. The van der Waals surface area contributed by atoms with E-state index < -0.39 is 0 Å². The average Bonchev–Trinajstić information content (AvgIpc) is 2.71. The number of nitrogens with zero attached hydrogens (tertiary/aromatic N) is 1. The van der Waals surface area contributed by atoms with E-state index in [4.69, 9.17) is 17.5 Å². The molecule has 28 heavy (non-hydrogen) atoms. The third kappa shape index (κ3) is 11.7. The lowest BCUT2D eigenvalue weighted by Gasteiger charge is -2.09. The smallest absolute Gasteiger partial charge is 0.257 e. The van der Waals surface area contributed by atoms with Gasteiger partial charge in [0.25, 0.3) is 5.91 Å². The van der Waals surface area contributed by atoms with Crippen molar-refractivity contribution in [3.8, 4) is 6.07 Å². The van der Waals surface area contributed by atoms with Gasteiger partial charge in [0, 0.05) is 12.1 Å². The van der Waals surface area contributed by atoms with Crippen molar-refractivity contribution in [2.75, 3.05) is 6.54 Å². The SMILES string of the molecule is CCCCCCCCCCCCCCNC(=S)NC(=O)c1ccc(C#N)cc1. The zero-order valence-electron chi connectivity index (χ0n) is 17.3. The van der Waals surface area contributed by atoms with Crippen LogP contribution in [0.25, 0.3) is 0 Å². The van der Waals surface area contributed by atoms with Gasteiger partial charge in [-0.3, -0.25) is 10.1 Å². The molecule has 0 heterocycles. The van der Waals surface area contributed by atoms with Crippen LogP contribution in [0.2, 0.25) is 0 Å². The number of unbranched alkanes of at least 4 members (excludes halogenated alkanes) is 11. The molecule has 0 bridgehead atoms. The summed E-state index contributed by atoms with van der Waals surface area (Å²) in [6.07, 6.45) is 15.8. The van der Waals surface area contributed by atoms with Crippen LogP contribution in [0.15, 0.2) is 24.3 Å². The molecule has 0 spiro atoms. The molecule has 0 saturated heterocycles. The van der Waals surface area contributed by atoms with Crippen LogP contribution in [0.5, 0.6) is 0 Å². The lowest BCUT2D eigenvalue weighted by molar-refractivity contribution is 0.0976. The Morgan fingerprint density at radius 3 is 1.89 bits per heavy atom. The molecule has 0 fully saturated rings. The highest BCUT2D eigenvalue weighted by Crippen LogP contribution is 2.11. The number of hydrogen-bond acceptors (Lipinski definition) is 3. The molecule has 1 aromatic carbocycles. The van der Waals surface area contributed by atoms with Crippen molar-refractivity contribution in [1.29, 1.82) is 5.26 Å². The average molecular weight is 402 g/mol. The summed E-state index contributed by atoms with van der Waals surface area (Å²) in [5, 5.41) is 14.9. The van der Waals surface area contributed by atoms with Crippen LogP contribution < -0.4 is 10.6 Å². The molecule has 154 valence electrons. The molecule has 5 heteroatoms. The second kappa shape index (κ2) is 16.1. The first-order chi connectivity index (χ1) is 13.7. The Bertz CT molecular complexity index is 607. The minimum Gasteiger partial charge on any atom is -0.362 e. The molecule has 1 rings (SSSR count). The van der Waals surface area contributed by atoms with Gasteiger partial charge in [-0.15, -0.1) is 0 Å². The van der Waals surface area contributed by atoms with E-state index in [1.165, 1.54) is 70.6 Å². The van der Waals surface area contributed by atoms with Crippen LogP contribution in [0, 0.1) is 11.3 Å². The summed E-state index contributed by atoms with van der Waals surface area (Å²) < 4.78 is 0. The predicted octanol–water partition coefficient (Wildman–Crippen LogP) is 5.86. The van der Waals surface area contributed by atoms with E-state index in [1.807, 2.05) is 6.07 Å². The van der Waals surface area contributed by atoms with E-state index in [-0.39, 0.29) is 5.91 Å². The van der Waals surface area contributed by atoms with Crippen LogP contribution in [0.3, 0.4) is 0 Å². The fourth-order valence-corrected chi connectivity index (χ4v) is 3.28. The standard InChI is InChI=1S/C23H35N3OS/c1-2-3-4-5-6-7-8-9-10-11-12-13-18-25-23(28)26-22(27)21-16-14-20(19-24)15-17-21/h14-17H,2-13,18H2,1H3,(H2,25,26,27,28). The van der Waals surface area contributed by atoms with Gasteiger partial charge in [-0.25, -0.2) is 0 Å². The predicted molar refractivity (Wildman–Crippen MR) is 120 cm³/mol. The van der Waals surface area contributed by atoms with Gasteiger partial charge in [0.1, 0.15) is 0 Å². The second-order valence-corrected chi connectivity index (χ2v) is 7.70. The third-order valence-corrected chi connectivity index (χ3v) is 5.07. The molecule has 0 aliphatic heterocycles. The van der Waals surface area contributed by atoms with E-state index in [9.17, 15) is 4.79 Å². The number of benzene rings is 1. The minimum absolute atomic E-state index is 0.253. The van der Waals surface area contributed by atoms with Crippen molar-refractivity contribution < 1.29 is 4.79 Å². The Balaban J connectivity index is 1.96. The number of carbonyl (C=O) groups excluding carboxylic acids is 1. The van der Waals surface area contributed by atoms with Gasteiger partial charge in [-0.05, 0) is 42.9 Å². The van der Waals surface area contributed by atoms with Gasteiger partial charge in [0.05, 0.1) is 11.6 Å². The molecule has 1 amide bonds. The molecule has 0 saturated carbocycles. The number of hydrogen-bond donors (Lipinski definition) is 2. The molecule has 0 radical (unpaired) electrons. The Hall–Kier alpha value is -1.93. The normalized spacial score (nSPS) is 10.3. The molecule has 2 N–H and O–H groups in total. The number of nitriles is 1. The van der Waals surface area contributed by atoms with Crippen molar-refractivity contribution >= 4 is 23.2 Å². The van der Waals surface area contributed by atoms with Gasteiger partial charge in [0.2, 0.25) is 0 Å². The molecule has 0 aliphatic carbocycles. The van der Waals surface area contributed by atoms with Gasteiger partial charge < -0.3 is 5.32 Å². The van der Waals surface area contributed by atoms with Crippen molar-refractivity contribution in [3.63, 3.8) is 0 Å². The van der Waals surface area contributed by atoms with E-state index >= 15 is 0 Å². The van der Waals surface area contributed by atoms with Crippen molar-refractivity contribution in [3.05, 3.63) is 35.4 Å². The van der Waals surface area contributed by atoms with Crippen LogP contribution in [-0.4, -0.2) is 17.6 Å². The summed E-state index contributed by atoms with van der Waals surface area (Å²) in [6, 6.07) is 8.53. The maximum absolute atomic E-state index is 12.1. The van der Waals surface area contributed by atoms with Crippen molar-refractivity contribution in [1.82, 2.24) is 10.6 Å². The van der Waals surface area contributed by atoms with Crippen molar-refractivity contribution in [2.24, 2.45) is 0 Å². The summed E-state index contributed by atoms with van der Waals surface area (Å²) in [5.41, 5.74) is 1.03. The second-order valence-electron chi connectivity index (χ2n) is 7.29. The van der Waals surface area contributed by atoms with E-state index in [1.54, 1.807) is 24.3 Å². The highest BCUT2D eigenvalue weighted by atomic mass is 32.1. The lowest BCUT2D eigenvalue weighted by atomic mass is 10.1. The molecule has 1 aromatic rings. The zero-order valence-corrected chi connectivity index (χ0v) is 18.1. The summed E-state index contributed by atoms with van der Waals surface area (Å²) in [6.45, 7) is 3.04. The fourth-order valence-electron chi connectivity index (χ4n) is 3.08. The van der Waals surface area contributed by atoms with Gasteiger partial charge in [-0.1, -0.05) is 77.6 Å². The fraction of sp³-hybridized carbons (Fsp3) is 0.609. The zero-order chi connectivity index (χ0) is 20.5. The Kier molecular flexibility index (Phi) is 13.8. The largest absolute Gasteiger partial charge is 0.362 e. The molecule has 0 aliphatic rings. The van der Waals surface area contributed by atoms with Crippen LogP contribution >= 0.6 is 12.2 Å². The van der Waals surface area contributed by atoms with Gasteiger partial charge in [0.15, 0.2) is 5.11 Å². The third-order valence-electron chi connectivity index (χ3n) is 4.82. The summed E-state index contributed by atoms with van der Waals surface area (Å²) >= 11 is 5.17. The lowest BCUT2D eigenvalue weighted by Crippen LogP contribution is -2.39. The summed E-state index contributed by atoms with van der Waals surface area (Å²) in [7, 11) is 0. The number of amides is 1. The molecule has 0 unspecified atom stereocenters. The van der Waals surface area contributed by atoms with E-state index in [0.29, 0.717) is 16.2 Å². The summed E-state index contributed by atoms with van der Waals surface area (Å²) in [4.78, 5) is 12.1. The monoisotopic (exact) mass is 401 g/mol. The van der Waals surface area contributed by atoms with Gasteiger partial charge >= 0.3 is 0 Å². The number of thiocarbonyl (C=S) groups is 1.